The van der Waals surface area contributed by atoms with E-state index in [0.29, 0.717) is 5.88 Å². The standard InChI is InChI=1S/C12H13BrClNO/c13-10-5-3-9(4-6-10)12(16)15-7-1-2-11(15)8-14/h3-6,11H,1-2,7-8H2. The molecule has 1 aliphatic heterocycles. The second-order valence-electron chi connectivity index (χ2n) is 3.96. The first-order valence-electron chi connectivity index (χ1n) is 5.35. The van der Waals surface area contributed by atoms with Gasteiger partial charge in [-0.2, -0.15) is 0 Å². The van der Waals surface area contributed by atoms with Crippen molar-refractivity contribution < 1.29 is 4.79 Å². The lowest BCUT2D eigenvalue weighted by atomic mass is 10.2. The van der Waals surface area contributed by atoms with Gasteiger partial charge < -0.3 is 4.90 Å². The number of carbonyl (C=O) groups excluding carboxylic acids is 1. The lowest BCUT2D eigenvalue weighted by molar-refractivity contribution is 0.0749. The minimum absolute atomic E-state index is 0.0932. The van der Waals surface area contributed by atoms with Crippen LogP contribution in [-0.4, -0.2) is 29.3 Å². The van der Waals surface area contributed by atoms with E-state index in [4.69, 9.17) is 11.6 Å². The minimum atomic E-state index is 0.0932. The van der Waals surface area contributed by atoms with Crippen molar-refractivity contribution in [2.24, 2.45) is 0 Å². The molecule has 1 unspecified atom stereocenters. The topological polar surface area (TPSA) is 20.3 Å². The fourth-order valence-electron chi connectivity index (χ4n) is 2.02. The van der Waals surface area contributed by atoms with Gasteiger partial charge in [-0.15, -0.1) is 11.6 Å². The van der Waals surface area contributed by atoms with Gasteiger partial charge >= 0.3 is 0 Å². The van der Waals surface area contributed by atoms with E-state index in [0.717, 1.165) is 29.4 Å². The second kappa shape index (κ2) is 5.19. The van der Waals surface area contributed by atoms with Crippen LogP contribution in [-0.2, 0) is 0 Å². The first-order chi connectivity index (χ1) is 7.72. The van der Waals surface area contributed by atoms with Gasteiger partial charge in [-0.25, -0.2) is 0 Å². The molecule has 0 bridgehead atoms. The molecule has 1 saturated heterocycles. The van der Waals surface area contributed by atoms with Crippen LogP contribution < -0.4 is 0 Å². The molecule has 1 aromatic carbocycles. The van der Waals surface area contributed by atoms with E-state index >= 15 is 0 Å². The molecule has 0 radical (unpaired) electrons. The fourth-order valence-corrected chi connectivity index (χ4v) is 2.61. The molecule has 16 heavy (non-hydrogen) atoms. The Kier molecular flexibility index (Phi) is 3.87. The van der Waals surface area contributed by atoms with E-state index in [1.54, 1.807) is 0 Å². The van der Waals surface area contributed by atoms with Crippen molar-refractivity contribution in [2.45, 2.75) is 18.9 Å². The molecule has 0 saturated carbocycles. The number of hydrogen-bond acceptors (Lipinski definition) is 1. The van der Waals surface area contributed by atoms with E-state index in [9.17, 15) is 4.79 Å². The lowest BCUT2D eigenvalue weighted by Gasteiger charge is -2.22. The number of carbonyl (C=O) groups is 1. The molecule has 2 rings (SSSR count). The summed E-state index contributed by atoms with van der Waals surface area (Å²) >= 11 is 9.22. The van der Waals surface area contributed by atoms with Gasteiger partial charge in [-0.1, -0.05) is 15.9 Å². The van der Waals surface area contributed by atoms with Crippen molar-refractivity contribution in [3.8, 4) is 0 Å². The summed E-state index contributed by atoms with van der Waals surface area (Å²) in [6.45, 7) is 0.826. The van der Waals surface area contributed by atoms with Gasteiger partial charge in [0, 0.05) is 28.5 Å². The predicted molar refractivity (Wildman–Crippen MR) is 68.9 cm³/mol. The molecule has 1 heterocycles. The van der Waals surface area contributed by atoms with Gasteiger partial charge in [0.05, 0.1) is 0 Å². The molecule has 1 amide bonds. The summed E-state index contributed by atoms with van der Waals surface area (Å²) in [6.07, 6.45) is 2.07. The summed E-state index contributed by atoms with van der Waals surface area (Å²) < 4.78 is 0.986. The largest absolute Gasteiger partial charge is 0.334 e. The summed E-state index contributed by atoms with van der Waals surface area (Å²) in [7, 11) is 0. The number of nitrogens with zero attached hydrogens (tertiary/aromatic N) is 1. The van der Waals surface area contributed by atoms with E-state index in [1.165, 1.54) is 0 Å². The van der Waals surface area contributed by atoms with Crippen molar-refractivity contribution in [1.82, 2.24) is 4.90 Å². The van der Waals surface area contributed by atoms with Gasteiger partial charge in [0.2, 0.25) is 0 Å². The van der Waals surface area contributed by atoms with Gasteiger partial charge in [0.1, 0.15) is 0 Å². The predicted octanol–water partition coefficient (Wildman–Crippen LogP) is 3.29. The molecule has 0 aromatic heterocycles. The van der Waals surface area contributed by atoms with E-state index < -0.39 is 0 Å². The van der Waals surface area contributed by atoms with Crippen LogP contribution in [0.5, 0.6) is 0 Å². The molecule has 0 aliphatic carbocycles. The highest BCUT2D eigenvalue weighted by Gasteiger charge is 2.28. The lowest BCUT2D eigenvalue weighted by Crippen LogP contribution is -2.36. The van der Waals surface area contributed by atoms with Crippen LogP contribution in [0.1, 0.15) is 23.2 Å². The summed E-state index contributed by atoms with van der Waals surface area (Å²) in [4.78, 5) is 14.1. The van der Waals surface area contributed by atoms with Crippen molar-refractivity contribution in [1.29, 1.82) is 0 Å². The zero-order chi connectivity index (χ0) is 11.5. The average Bonchev–Trinajstić information content (AvgIpc) is 2.77. The Bertz CT molecular complexity index is 379. The molecular weight excluding hydrogens is 289 g/mol. The van der Waals surface area contributed by atoms with Gasteiger partial charge in [-0.05, 0) is 37.1 Å². The second-order valence-corrected chi connectivity index (χ2v) is 5.18. The van der Waals surface area contributed by atoms with Crippen LogP contribution in [0, 0.1) is 0 Å². The number of alkyl halides is 1. The maximum absolute atomic E-state index is 12.2. The van der Waals surface area contributed by atoms with Crippen LogP contribution >= 0.6 is 27.5 Å². The smallest absolute Gasteiger partial charge is 0.254 e. The molecule has 0 spiro atoms. The molecule has 1 atom stereocenters. The molecule has 4 heteroatoms. The number of hydrogen-bond donors (Lipinski definition) is 0. The fraction of sp³-hybridized carbons (Fsp3) is 0.417. The Labute approximate surface area is 109 Å². The SMILES string of the molecule is O=C(c1ccc(Br)cc1)N1CCCC1CCl. The molecule has 0 N–H and O–H groups in total. The van der Waals surface area contributed by atoms with Crippen molar-refractivity contribution >= 4 is 33.4 Å². The number of halogens is 2. The third-order valence-electron chi connectivity index (χ3n) is 2.91. The normalized spacial score (nSPS) is 20.1. The average molecular weight is 303 g/mol. The Morgan fingerprint density at radius 2 is 2.12 bits per heavy atom. The van der Waals surface area contributed by atoms with Crippen LogP contribution in [0.4, 0.5) is 0 Å². The summed E-state index contributed by atoms with van der Waals surface area (Å²) in [5, 5.41) is 0. The molecule has 2 nitrogen and oxygen atoms in total. The monoisotopic (exact) mass is 301 g/mol. The number of benzene rings is 1. The highest BCUT2D eigenvalue weighted by atomic mass is 79.9. The van der Waals surface area contributed by atoms with E-state index in [2.05, 4.69) is 15.9 Å². The quantitative estimate of drug-likeness (QED) is 0.768. The Hall–Kier alpha value is -0.540. The Balaban J connectivity index is 2.15. The molecule has 1 aliphatic rings. The Morgan fingerprint density at radius 1 is 1.44 bits per heavy atom. The van der Waals surface area contributed by atoms with Crippen molar-refractivity contribution in [3.63, 3.8) is 0 Å². The van der Waals surface area contributed by atoms with Crippen molar-refractivity contribution in [2.75, 3.05) is 12.4 Å². The zero-order valence-corrected chi connectivity index (χ0v) is 11.2. The molecule has 86 valence electrons. The van der Waals surface area contributed by atoms with Crippen LogP contribution in [0.2, 0.25) is 0 Å². The number of amides is 1. The summed E-state index contributed by atoms with van der Waals surface area (Å²) in [6, 6.07) is 7.67. The Morgan fingerprint density at radius 3 is 2.75 bits per heavy atom. The van der Waals surface area contributed by atoms with Crippen molar-refractivity contribution in [3.05, 3.63) is 34.3 Å². The van der Waals surface area contributed by atoms with Gasteiger partial charge in [-0.3, -0.25) is 4.79 Å². The zero-order valence-electron chi connectivity index (χ0n) is 8.83. The van der Waals surface area contributed by atoms with Crippen LogP contribution in [0.25, 0.3) is 0 Å². The highest BCUT2D eigenvalue weighted by Crippen LogP contribution is 2.21. The number of rotatable bonds is 2. The third kappa shape index (κ3) is 2.41. The van der Waals surface area contributed by atoms with Gasteiger partial charge in [0.25, 0.3) is 5.91 Å². The van der Waals surface area contributed by atoms with E-state index in [-0.39, 0.29) is 11.9 Å². The molecular formula is C12H13BrClNO. The number of likely N-dealkylation sites (tertiary alicyclic amines) is 1. The summed E-state index contributed by atoms with van der Waals surface area (Å²) in [5.41, 5.74) is 0.736. The highest BCUT2D eigenvalue weighted by molar-refractivity contribution is 9.10. The van der Waals surface area contributed by atoms with Gasteiger partial charge in [0.15, 0.2) is 0 Å². The molecule has 1 aromatic rings. The van der Waals surface area contributed by atoms with E-state index in [1.807, 2.05) is 29.2 Å². The first kappa shape index (κ1) is 11.9. The minimum Gasteiger partial charge on any atom is -0.334 e. The molecule has 1 fully saturated rings. The van der Waals surface area contributed by atoms with Crippen LogP contribution in [0.3, 0.4) is 0 Å². The summed E-state index contributed by atoms with van der Waals surface area (Å²) in [5.74, 6) is 0.623. The maximum atomic E-state index is 12.2. The van der Waals surface area contributed by atoms with Crippen LogP contribution in [0.15, 0.2) is 28.7 Å². The first-order valence-corrected chi connectivity index (χ1v) is 6.67. The maximum Gasteiger partial charge on any atom is 0.254 e. The third-order valence-corrected chi connectivity index (χ3v) is 3.79.